The van der Waals surface area contributed by atoms with E-state index in [1.807, 2.05) is 0 Å². The van der Waals surface area contributed by atoms with Crippen molar-refractivity contribution < 1.29 is 14.3 Å². The summed E-state index contributed by atoms with van der Waals surface area (Å²) >= 11 is 0. The van der Waals surface area contributed by atoms with Crippen LogP contribution in [-0.2, 0) is 9.53 Å². The summed E-state index contributed by atoms with van der Waals surface area (Å²) in [5, 5.41) is 7.24. The number of esters is 1. The minimum Gasteiger partial charge on any atom is -0.482 e. The van der Waals surface area contributed by atoms with Gasteiger partial charge in [0.15, 0.2) is 6.61 Å². The SMILES string of the molecule is CC(C)(C)OC(=O)COc1ccc(C(=N)N)cc1. The lowest BCUT2D eigenvalue weighted by molar-refractivity contribution is -0.157. The summed E-state index contributed by atoms with van der Waals surface area (Å²) in [6, 6.07) is 6.63. The third-order valence-electron chi connectivity index (χ3n) is 1.94. The van der Waals surface area contributed by atoms with E-state index < -0.39 is 11.6 Å². The molecule has 0 atom stereocenters. The molecule has 5 heteroatoms. The maximum atomic E-state index is 11.4. The number of carbonyl (C=O) groups excluding carboxylic acids is 1. The number of hydrogen-bond donors (Lipinski definition) is 2. The van der Waals surface area contributed by atoms with Crippen molar-refractivity contribution in [3.05, 3.63) is 29.8 Å². The summed E-state index contributed by atoms with van der Waals surface area (Å²) in [5.74, 6) is 0.109. The normalized spacial score (nSPS) is 10.8. The average Bonchev–Trinajstić information content (AvgIpc) is 2.24. The lowest BCUT2D eigenvalue weighted by Gasteiger charge is -2.19. The largest absolute Gasteiger partial charge is 0.482 e. The van der Waals surface area contributed by atoms with Gasteiger partial charge in [0, 0.05) is 5.56 Å². The molecule has 98 valence electrons. The summed E-state index contributed by atoms with van der Waals surface area (Å²) in [5.41, 5.74) is 5.42. The van der Waals surface area contributed by atoms with Crippen LogP contribution in [-0.4, -0.2) is 24.0 Å². The highest BCUT2D eigenvalue weighted by Crippen LogP contribution is 2.13. The smallest absolute Gasteiger partial charge is 0.344 e. The second kappa shape index (κ2) is 5.53. The van der Waals surface area contributed by atoms with Gasteiger partial charge in [-0.25, -0.2) is 4.79 Å². The van der Waals surface area contributed by atoms with E-state index in [-0.39, 0.29) is 12.4 Å². The zero-order valence-corrected chi connectivity index (χ0v) is 10.8. The van der Waals surface area contributed by atoms with E-state index in [2.05, 4.69) is 0 Å². The van der Waals surface area contributed by atoms with Crippen molar-refractivity contribution in [2.45, 2.75) is 26.4 Å². The van der Waals surface area contributed by atoms with Crippen molar-refractivity contribution >= 4 is 11.8 Å². The maximum absolute atomic E-state index is 11.4. The molecule has 0 aliphatic carbocycles. The van der Waals surface area contributed by atoms with Gasteiger partial charge in [-0.1, -0.05) is 0 Å². The number of nitrogens with one attached hydrogen (secondary N) is 1. The van der Waals surface area contributed by atoms with Gasteiger partial charge in [-0.2, -0.15) is 0 Å². The first kappa shape index (κ1) is 14.0. The predicted octanol–water partition coefficient (Wildman–Crippen LogP) is 1.69. The van der Waals surface area contributed by atoms with Crippen molar-refractivity contribution in [3.8, 4) is 5.75 Å². The Kier molecular flexibility index (Phi) is 4.31. The van der Waals surface area contributed by atoms with Crippen LogP contribution in [0.25, 0.3) is 0 Å². The van der Waals surface area contributed by atoms with Crippen LogP contribution in [0.4, 0.5) is 0 Å². The molecule has 0 aliphatic rings. The Balaban J connectivity index is 2.49. The van der Waals surface area contributed by atoms with Crippen LogP contribution in [0, 0.1) is 5.41 Å². The fourth-order valence-corrected chi connectivity index (χ4v) is 1.24. The molecular formula is C13H18N2O3. The van der Waals surface area contributed by atoms with Crippen molar-refractivity contribution in [2.24, 2.45) is 5.73 Å². The molecule has 18 heavy (non-hydrogen) atoms. The molecule has 0 amide bonds. The standard InChI is InChI=1S/C13H18N2O3/c1-13(2,3)18-11(16)8-17-10-6-4-9(5-7-10)12(14)15/h4-7H,8H2,1-3H3,(H3,14,15). The van der Waals surface area contributed by atoms with Crippen molar-refractivity contribution in [1.82, 2.24) is 0 Å². The minimum absolute atomic E-state index is 0.00584. The Morgan fingerprint density at radius 3 is 2.28 bits per heavy atom. The molecule has 5 nitrogen and oxygen atoms in total. The Morgan fingerprint density at radius 2 is 1.83 bits per heavy atom. The fraction of sp³-hybridized carbons (Fsp3) is 0.385. The third-order valence-corrected chi connectivity index (χ3v) is 1.94. The molecule has 0 radical (unpaired) electrons. The monoisotopic (exact) mass is 250 g/mol. The maximum Gasteiger partial charge on any atom is 0.344 e. The highest BCUT2D eigenvalue weighted by Gasteiger charge is 2.16. The topological polar surface area (TPSA) is 85.4 Å². The van der Waals surface area contributed by atoms with E-state index in [1.54, 1.807) is 45.0 Å². The van der Waals surface area contributed by atoms with Crippen molar-refractivity contribution in [2.75, 3.05) is 6.61 Å². The molecule has 1 aromatic rings. The highest BCUT2D eigenvalue weighted by atomic mass is 16.6. The Hall–Kier alpha value is -2.04. The van der Waals surface area contributed by atoms with E-state index in [9.17, 15) is 4.79 Å². The number of nitrogen functional groups attached to an aromatic ring is 1. The molecule has 0 spiro atoms. The summed E-state index contributed by atoms with van der Waals surface area (Å²) in [7, 11) is 0. The lowest BCUT2D eigenvalue weighted by atomic mass is 10.2. The number of carbonyl (C=O) groups is 1. The predicted molar refractivity (Wildman–Crippen MR) is 68.8 cm³/mol. The molecule has 0 bridgehead atoms. The van der Waals surface area contributed by atoms with Gasteiger partial charge in [0.05, 0.1) is 0 Å². The van der Waals surface area contributed by atoms with E-state index in [0.717, 1.165) is 0 Å². The van der Waals surface area contributed by atoms with Crippen molar-refractivity contribution in [3.63, 3.8) is 0 Å². The van der Waals surface area contributed by atoms with Gasteiger partial charge in [-0.15, -0.1) is 0 Å². The number of benzene rings is 1. The number of amidine groups is 1. The first-order valence-electron chi connectivity index (χ1n) is 5.57. The fourth-order valence-electron chi connectivity index (χ4n) is 1.24. The molecule has 0 saturated heterocycles. The van der Waals surface area contributed by atoms with E-state index >= 15 is 0 Å². The van der Waals surface area contributed by atoms with E-state index in [0.29, 0.717) is 11.3 Å². The Bertz CT molecular complexity index is 433. The molecule has 0 heterocycles. The van der Waals surface area contributed by atoms with Crippen LogP contribution in [0.3, 0.4) is 0 Å². The van der Waals surface area contributed by atoms with Gasteiger partial charge in [-0.3, -0.25) is 5.41 Å². The van der Waals surface area contributed by atoms with Gasteiger partial charge in [-0.05, 0) is 45.0 Å². The van der Waals surface area contributed by atoms with Gasteiger partial charge in [0.25, 0.3) is 0 Å². The second-order valence-corrected chi connectivity index (χ2v) is 4.81. The van der Waals surface area contributed by atoms with Crippen LogP contribution in [0.15, 0.2) is 24.3 Å². The first-order chi connectivity index (χ1) is 8.28. The molecule has 0 saturated carbocycles. The lowest BCUT2D eigenvalue weighted by Crippen LogP contribution is -2.27. The molecule has 0 unspecified atom stereocenters. The van der Waals surface area contributed by atoms with Gasteiger partial charge < -0.3 is 15.2 Å². The zero-order valence-electron chi connectivity index (χ0n) is 10.8. The summed E-state index contributed by atoms with van der Waals surface area (Å²) < 4.78 is 10.4. The van der Waals surface area contributed by atoms with Crippen LogP contribution in [0.2, 0.25) is 0 Å². The van der Waals surface area contributed by atoms with Gasteiger partial charge in [0.1, 0.15) is 17.2 Å². The van der Waals surface area contributed by atoms with Crippen LogP contribution < -0.4 is 10.5 Å². The third kappa shape index (κ3) is 4.86. The van der Waals surface area contributed by atoms with Crippen LogP contribution in [0.5, 0.6) is 5.75 Å². The Morgan fingerprint density at radius 1 is 1.28 bits per heavy atom. The quantitative estimate of drug-likeness (QED) is 0.483. The van der Waals surface area contributed by atoms with Crippen molar-refractivity contribution in [1.29, 1.82) is 5.41 Å². The number of rotatable bonds is 4. The number of ether oxygens (including phenoxy) is 2. The minimum atomic E-state index is -0.515. The van der Waals surface area contributed by atoms with Gasteiger partial charge >= 0.3 is 5.97 Å². The molecule has 1 rings (SSSR count). The molecule has 1 aromatic carbocycles. The second-order valence-electron chi connectivity index (χ2n) is 4.81. The highest BCUT2D eigenvalue weighted by molar-refractivity contribution is 5.94. The first-order valence-corrected chi connectivity index (χ1v) is 5.57. The summed E-state index contributed by atoms with van der Waals surface area (Å²) in [6.45, 7) is 5.25. The molecule has 0 aromatic heterocycles. The summed E-state index contributed by atoms with van der Waals surface area (Å²) in [6.07, 6.45) is 0. The van der Waals surface area contributed by atoms with Crippen LogP contribution in [0.1, 0.15) is 26.3 Å². The molecule has 3 N–H and O–H groups in total. The van der Waals surface area contributed by atoms with Crippen LogP contribution >= 0.6 is 0 Å². The van der Waals surface area contributed by atoms with Gasteiger partial charge in [0.2, 0.25) is 0 Å². The average molecular weight is 250 g/mol. The van der Waals surface area contributed by atoms with E-state index in [4.69, 9.17) is 20.6 Å². The molecule has 0 fully saturated rings. The zero-order chi connectivity index (χ0) is 13.8. The Labute approximate surface area is 106 Å². The molecule has 0 aliphatic heterocycles. The number of hydrogen-bond acceptors (Lipinski definition) is 4. The molecular weight excluding hydrogens is 232 g/mol. The van der Waals surface area contributed by atoms with E-state index in [1.165, 1.54) is 0 Å². The number of nitrogens with two attached hydrogens (primary N) is 1. The summed E-state index contributed by atoms with van der Waals surface area (Å²) in [4.78, 5) is 11.4.